The Morgan fingerprint density at radius 3 is 2.62 bits per heavy atom. The van der Waals surface area contributed by atoms with Crippen LogP contribution in [0.2, 0.25) is 0 Å². The van der Waals surface area contributed by atoms with Crippen molar-refractivity contribution in [1.82, 2.24) is 20.2 Å². The van der Waals surface area contributed by atoms with Crippen molar-refractivity contribution in [2.45, 2.75) is 45.0 Å². The van der Waals surface area contributed by atoms with Crippen LogP contribution in [0.25, 0.3) is 11.0 Å². The highest BCUT2D eigenvalue weighted by Gasteiger charge is 2.39. The van der Waals surface area contributed by atoms with Crippen LogP contribution in [-0.4, -0.2) is 78.0 Å². The predicted molar refractivity (Wildman–Crippen MR) is 119 cm³/mol. The first-order valence-corrected chi connectivity index (χ1v) is 10.8. The van der Waals surface area contributed by atoms with Crippen LogP contribution in [0.5, 0.6) is 5.88 Å². The molecule has 2 aromatic rings. The van der Waals surface area contributed by atoms with Crippen molar-refractivity contribution in [3.8, 4) is 5.88 Å². The lowest BCUT2D eigenvalue weighted by molar-refractivity contribution is -0.173. The van der Waals surface area contributed by atoms with Crippen LogP contribution < -0.4 is 15.0 Å². The molecule has 1 atom stereocenters. The van der Waals surface area contributed by atoms with Crippen molar-refractivity contribution in [3.63, 3.8) is 0 Å². The maximum Gasteiger partial charge on any atom is 0.471 e. The largest absolute Gasteiger partial charge is 0.481 e. The lowest BCUT2D eigenvalue weighted by Gasteiger charge is -2.32. The molecule has 2 aromatic heterocycles. The van der Waals surface area contributed by atoms with Gasteiger partial charge in [0.05, 0.1) is 24.4 Å². The quantitative estimate of drug-likeness (QED) is 0.674. The number of anilines is 1. The molecule has 0 aromatic carbocycles. The number of alkyl halides is 3. The maximum absolute atomic E-state index is 12.9. The number of ether oxygens (including phenoxy) is 2. The number of pyridine rings is 2. The summed E-state index contributed by atoms with van der Waals surface area (Å²) in [7, 11) is 1.52. The van der Waals surface area contributed by atoms with E-state index in [1.165, 1.54) is 12.0 Å². The minimum Gasteiger partial charge on any atom is -0.481 e. The zero-order valence-corrected chi connectivity index (χ0v) is 19.5. The minimum absolute atomic E-state index is 0.127. The van der Waals surface area contributed by atoms with Gasteiger partial charge >= 0.3 is 18.2 Å². The summed E-state index contributed by atoms with van der Waals surface area (Å²) in [5.41, 5.74) is 1.34. The molecule has 12 heteroatoms. The molecule has 1 aliphatic heterocycles. The van der Waals surface area contributed by atoms with Crippen molar-refractivity contribution in [2.24, 2.45) is 0 Å². The van der Waals surface area contributed by atoms with E-state index in [1.807, 2.05) is 16.3 Å². The molecule has 0 saturated carbocycles. The topological polar surface area (TPSA) is 96.9 Å². The van der Waals surface area contributed by atoms with Gasteiger partial charge in [0.1, 0.15) is 11.1 Å². The number of methoxy groups -OCH3 is 1. The molecule has 0 radical (unpaired) electrons. The summed E-state index contributed by atoms with van der Waals surface area (Å²) < 4.78 is 48.3. The lowest BCUT2D eigenvalue weighted by atomic mass is 10.2. The average Bonchev–Trinajstić information content (AvgIpc) is 3.23. The van der Waals surface area contributed by atoms with E-state index in [1.54, 1.807) is 39.1 Å². The molecule has 1 saturated heterocycles. The fraction of sp³-hybridized carbons (Fsp3) is 0.545. The summed E-state index contributed by atoms with van der Waals surface area (Å²) in [6.07, 6.45) is -3.42. The Morgan fingerprint density at radius 1 is 1.24 bits per heavy atom. The van der Waals surface area contributed by atoms with Gasteiger partial charge in [-0.05, 0) is 39.3 Å². The van der Waals surface area contributed by atoms with E-state index in [0.717, 1.165) is 5.69 Å². The number of halogens is 3. The molecule has 1 fully saturated rings. The van der Waals surface area contributed by atoms with Gasteiger partial charge < -0.3 is 24.6 Å². The first-order chi connectivity index (χ1) is 15.9. The Morgan fingerprint density at radius 2 is 1.97 bits per heavy atom. The Bertz CT molecular complexity index is 1040. The number of carbonyl (C=O) groups excluding carboxylic acids is 2. The number of hydrogen-bond acceptors (Lipinski definition) is 7. The molecule has 2 amide bonds. The summed E-state index contributed by atoms with van der Waals surface area (Å²) in [5.74, 6) is -1.61. The second-order valence-electron chi connectivity index (χ2n) is 8.87. The molecule has 1 N–H and O–H groups in total. The Kier molecular flexibility index (Phi) is 7.37. The molecular formula is C22H28F3N5O4. The number of hydrogen-bond donors (Lipinski definition) is 1. The minimum atomic E-state index is -4.99. The molecule has 0 aliphatic carbocycles. The molecule has 186 valence electrons. The second-order valence-corrected chi connectivity index (χ2v) is 8.87. The van der Waals surface area contributed by atoms with Gasteiger partial charge in [-0.1, -0.05) is 0 Å². The summed E-state index contributed by atoms with van der Waals surface area (Å²) in [5, 5.41) is 1.81. The van der Waals surface area contributed by atoms with E-state index in [2.05, 4.69) is 9.97 Å². The van der Waals surface area contributed by atoms with Gasteiger partial charge in [-0.2, -0.15) is 13.2 Å². The van der Waals surface area contributed by atoms with Gasteiger partial charge in [0.2, 0.25) is 5.88 Å². The van der Waals surface area contributed by atoms with Crippen molar-refractivity contribution in [3.05, 3.63) is 24.4 Å². The number of nitrogens with one attached hydrogen (secondary N) is 1. The zero-order valence-electron chi connectivity index (χ0n) is 19.5. The molecule has 0 bridgehead atoms. The predicted octanol–water partition coefficient (Wildman–Crippen LogP) is 3.13. The van der Waals surface area contributed by atoms with E-state index >= 15 is 0 Å². The van der Waals surface area contributed by atoms with Crippen molar-refractivity contribution < 1.29 is 32.2 Å². The van der Waals surface area contributed by atoms with E-state index < -0.39 is 23.8 Å². The standard InChI is InChI=1S/C22H28F3N5O4/c1-21(2,3)34-20(32)30(12-10-27-19(31)22(23,24)25)14-8-11-29(13-14)16-7-9-26-15-5-6-17(33-4)28-18(15)16/h5-7,9,14H,8,10-13H2,1-4H3,(H,27,31). The molecule has 1 unspecified atom stereocenters. The normalized spacial score (nSPS) is 16.4. The SMILES string of the molecule is COc1ccc2nccc(N3CCC(N(CCNC(=O)C(F)(F)F)C(=O)OC(C)(C)C)C3)c2n1. The summed E-state index contributed by atoms with van der Waals surface area (Å²) in [6, 6.07) is 4.99. The first-order valence-electron chi connectivity index (χ1n) is 10.8. The number of fused-ring (bicyclic) bond motifs is 1. The van der Waals surface area contributed by atoms with Crippen LogP contribution >= 0.6 is 0 Å². The van der Waals surface area contributed by atoms with E-state index in [0.29, 0.717) is 36.4 Å². The third-order valence-corrected chi connectivity index (χ3v) is 5.21. The molecule has 9 nitrogen and oxygen atoms in total. The van der Waals surface area contributed by atoms with E-state index in [-0.39, 0.29) is 19.1 Å². The van der Waals surface area contributed by atoms with Crippen LogP contribution in [0.3, 0.4) is 0 Å². The first kappa shape index (κ1) is 25.3. The van der Waals surface area contributed by atoms with Gasteiger partial charge in [0.15, 0.2) is 0 Å². The van der Waals surface area contributed by atoms with Crippen LogP contribution in [0.4, 0.5) is 23.7 Å². The van der Waals surface area contributed by atoms with Crippen LogP contribution in [0.1, 0.15) is 27.2 Å². The number of aromatic nitrogens is 2. The monoisotopic (exact) mass is 483 g/mol. The van der Waals surface area contributed by atoms with Gasteiger partial charge in [-0.25, -0.2) is 9.78 Å². The van der Waals surface area contributed by atoms with E-state index in [9.17, 15) is 22.8 Å². The summed E-state index contributed by atoms with van der Waals surface area (Å²) >= 11 is 0. The van der Waals surface area contributed by atoms with Crippen LogP contribution in [-0.2, 0) is 9.53 Å². The Labute approximate surface area is 195 Å². The van der Waals surface area contributed by atoms with E-state index in [4.69, 9.17) is 9.47 Å². The third-order valence-electron chi connectivity index (χ3n) is 5.21. The van der Waals surface area contributed by atoms with Crippen LogP contribution in [0.15, 0.2) is 24.4 Å². The number of rotatable bonds is 6. The Balaban J connectivity index is 1.78. The molecular weight excluding hydrogens is 455 g/mol. The van der Waals surface area contributed by atoms with Crippen molar-refractivity contribution in [1.29, 1.82) is 0 Å². The number of nitrogens with zero attached hydrogens (tertiary/aromatic N) is 4. The van der Waals surface area contributed by atoms with Gasteiger partial charge in [0, 0.05) is 38.4 Å². The number of carbonyl (C=O) groups is 2. The average molecular weight is 483 g/mol. The molecule has 0 spiro atoms. The molecule has 34 heavy (non-hydrogen) atoms. The van der Waals surface area contributed by atoms with Crippen molar-refractivity contribution in [2.75, 3.05) is 38.2 Å². The summed E-state index contributed by atoms with van der Waals surface area (Å²) in [4.78, 5) is 36.3. The fourth-order valence-corrected chi connectivity index (χ4v) is 3.71. The molecule has 3 heterocycles. The second kappa shape index (κ2) is 9.90. The maximum atomic E-state index is 12.9. The third kappa shape index (κ3) is 6.17. The smallest absolute Gasteiger partial charge is 0.471 e. The fourth-order valence-electron chi connectivity index (χ4n) is 3.71. The molecule has 3 rings (SSSR count). The van der Waals surface area contributed by atoms with Crippen molar-refractivity contribution >= 4 is 28.7 Å². The van der Waals surface area contributed by atoms with Crippen LogP contribution in [0, 0.1) is 0 Å². The highest BCUT2D eigenvalue weighted by atomic mass is 19.4. The van der Waals surface area contributed by atoms with Gasteiger partial charge in [-0.15, -0.1) is 0 Å². The lowest BCUT2D eigenvalue weighted by Crippen LogP contribution is -2.49. The number of amides is 2. The highest BCUT2D eigenvalue weighted by molar-refractivity contribution is 5.88. The highest BCUT2D eigenvalue weighted by Crippen LogP contribution is 2.30. The summed E-state index contributed by atoms with van der Waals surface area (Å²) in [6.45, 7) is 5.62. The Hall–Kier alpha value is -3.31. The van der Waals surface area contributed by atoms with Gasteiger partial charge in [0.25, 0.3) is 0 Å². The molecule has 1 aliphatic rings. The zero-order chi connectivity index (χ0) is 25.1. The van der Waals surface area contributed by atoms with Gasteiger partial charge in [-0.3, -0.25) is 9.78 Å².